The van der Waals surface area contributed by atoms with Gasteiger partial charge in [0.2, 0.25) is 5.88 Å². The number of hydrogen-bond acceptors (Lipinski definition) is 5. The predicted octanol–water partition coefficient (Wildman–Crippen LogP) is 1.89. The number of nitrogens with zero attached hydrogens (tertiary/aromatic N) is 1. The summed E-state index contributed by atoms with van der Waals surface area (Å²) < 4.78 is 12.6. The Bertz CT molecular complexity index is 1190. The molecule has 2 aromatic carbocycles. The molecular weight excluding hydrogens is 402 g/mol. The Morgan fingerprint density at radius 1 is 1.20 bits per heavy atom. The van der Waals surface area contributed by atoms with E-state index in [1.807, 2.05) is 42.5 Å². The lowest BCUT2D eigenvalue weighted by Crippen LogP contribution is -2.87. The quantitative estimate of drug-likeness (QED) is 0.542. The summed E-state index contributed by atoms with van der Waals surface area (Å²) >= 11 is 5.34. The highest BCUT2D eigenvalue weighted by molar-refractivity contribution is 7.71. The van der Waals surface area contributed by atoms with E-state index in [1.54, 1.807) is 18.8 Å². The molecule has 30 heavy (non-hydrogen) atoms. The van der Waals surface area contributed by atoms with Crippen molar-refractivity contribution in [3.05, 3.63) is 79.8 Å². The average molecular weight is 427 g/mol. The minimum atomic E-state index is -0.384. The van der Waals surface area contributed by atoms with E-state index in [9.17, 15) is 9.90 Å². The van der Waals surface area contributed by atoms with Gasteiger partial charge in [0.15, 0.2) is 16.3 Å². The van der Waals surface area contributed by atoms with E-state index < -0.39 is 0 Å². The lowest BCUT2D eigenvalue weighted by Gasteiger charge is -2.26. The van der Waals surface area contributed by atoms with Gasteiger partial charge < -0.3 is 19.9 Å². The van der Waals surface area contributed by atoms with Gasteiger partial charge in [0.25, 0.3) is 5.56 Å². The second kappa shape index (κ2) is 8.33. The molecule has 1 atom stereocenters. The number of H-pyrrole nitrogens is 1. The van der Waals surface area contributed by atoms with Crippen LogP contribution in [-0.2, 0) is 13.0 Å². The molecule has 0 bridgehead atoms. The topological polar surface area (TPSA) is 93.1 Å². The normalized spacial score (nSPS) is 15.5. The monoisotopic (exact) mass is 426 g/mol. The van der Waals surface area contributed by atoms with Crippen molar-refractivity contribution in [2.45, 2.75) is 19.0 Å². The third kappa shape index (κ3) is 3.59. The third-order valence-electron chi connectivity index (χ3n) is 5.50. The Hall–Kier alpha value is -3.10. The van der Waals surface area contributed by atoms with Gasteiger partial charge in [0.1, 0.15) is 11.6 Å². The smallest absolute Gasteiger partial charge is 0.265 e. The molecular formula is C22H24N3O4S+. The van der Waals surface area contributed by atoms with Crippen LogP contribution in [0.2, 0.25) is 0 Å². The van der Waals surface area contributed by atoms with Crippen molar-refractivity contribution in [2.24, 2.45) is 0 Å². The summed E-state index contributed by atoms with van der Waals surface area (Å²) in [5.41, 5.74) is 2.86. The lowest BCUT2D eigenvalue weighted by atomic mass is 9.90. The summed E-state index contributed by atoms with van der Waals surface area (Å²) in [4.78, 5) is 15.6. The molecule has 0 saturated carbocycles. The number of aromatic amines is 1. The van der Waals surface area contributed by atoms with Crippen LogP contribution in [0.25, 0.3) is 0 Å². The fraction of sp³-hybridized carbons (Fsp3) is 0.273. The van der Waals surface area contributed by atoms with Gasteiger partial charge in [-0.3, -0.25) is 14.3 Å². The number of methoxy groups -OCH3 is 2. The molecule has 7 nitrogen and oxygen atoms in total. The fourth-order valence-corrected chi connectivity index (χ4v) is 4.26. The van der Waals surface area contributed by atoms with Crippen LogP contribution in [0.15, 0.2) is 47.3 Å². The number of nitrogens with one attached hydrogen (secondary N) is 1. The molecule has 2 heterocycles. The molecule has 0 aliphatic carbocycles. The number of rotatable bonds is 5. The Kier molecular flexibility index (Phi) is 5.61. The first-order valence-electron chi connectivity index (χ1n) is 9.71. The number of nitrogens with two attached hydrogens (primary N) is 1. The maximum Gasteiger partial charge on any atom is 0.265 e. The highest BCUT2D eigenvalue weighted by atomic mass is 32.1. The molecule has 1 aliphatic rings. The zero-order valence-electron chi connectivity index (χ0n) is 16.8. The van der Waals surface area contributed by atoms with Gasteiger partial charge in [-0.05, 0) is 35.5 Å². The van der Waals surface area contributed by atoms with Gasteiger partial charge in [-0.25, -0.2) is 0 Å². The molecule has 4 N–H and O–H groups in total. The highest BCUT2D eigenvalue weighted by Gasteiger charge is 2.32. The van der Waals surface area contributed by atoms with Crippen molar-refractivity contribution in [2.75, 3.05) is 20.8 Å². The van der Waals surface area contributed by atoms with Crippen molar-refractivity contribution in [3.8, 4) is 17.4 Å². The number of aromatic hydroxyl groups is 1. The summed E-state index contributed by atoms with van der Waals surface area (Å²) in [6.45, 7) is 1.14. The van der Waals surface area contributed by atoms with Gasteiger partial charge in [-0.2, -0.15) is 0 Å². The zero-order chi connectivity index (χ0) is 21.3. The average Bonchev–Trinajstić information content (AvgIpc) is 2.76. The number of aromatic nitrogens is 2. The molecule has 0 fully saturated rings. The summed E-state index contributed by atoms with van der Waals surface area (Å²) in [6, 6.07) is 13.1. The SMILES string of the molecule is COc1cc2c(cc1OC)[C@H](c1c(O)n(Cc3ccccc3)c(=S)[nH]c1=O)[NH2+]CC2. The summed E-state index contributed by atoms with van der Waals surface area (Å²) in [7, 11) is 3.18. The first kappa shape index (κ1) is 20.2. The minimum absolute atomic E-state index is 0.114. The zero-order valence-corrected chi connectivity index (χ0v) is 17.7. The highest BCUT2D eigenvalue weighted by Crippen LogP contribution is 2.36. The summed E-state index contributed by atoms with van der Waals surface area (Å²) in [5.74, 6) is 1.12. The second-order valence-corrected chi connectivity index (χ2v) is 7.61. The van der Waals surface area contributed by atoms with Gasteiger partial charge in [0.05, 0.1) is 27.3 Å². The van der Waals surface area contributed by atoms with Crippen LogP contribution in [0, 0.1) is 4.77 Å². The van der Waals surface area contributed by atoms with E-state index in [0.29, 0.717) is 18.0 Å². The molecule has 156 valence electrons. The number of hydrogen-bond donors (Lipinski definition) is 3. The second-order valence-electron chi connectivity index (χ2n) is 7.23. The minimum Gasteiger partial charge on any atom is -0.494 e. The van der Waals surface area contributed by atoms with Gasteiger partial charge in [0, 0.05) is 12.0 Å². The Balaban J connectivity index is 1.85. The van der Waals surface area contributed by atoms with Crippen LogP contribution in [0.3, 0.4) is 0 Å². The van der Waals surface area contributed by atoms with Crippen molar-refractivity contribution in [3.63, 3.8) is 0 Å². The van der Waals surface area contributed by atoms with Gasteiger partial charge in [-0.15, -0.1) is 0 Å². The van der Waals surface area contributed by atoms with Gasteiger partial charge >= 0.3 is 0 Å². The number of ether oxygens (including phenoxy) is 2. The fourth-order valence-electron chi connectivity index (χ4n) is 4.02. The van der Waals surface area contributed by atoms with Crippen LogP contribution in [0.1, 0.15) is 28.3 Å². The van der Waals surface area contributed by atoms with Crippen LogP contribution in [0.4, 0.5) is 0 Å². The Morgan fingerprint density at radius 3 is 2.60 bits per heavy atom. The molecule has 0 radical (unpaired) electrons. The molecule has 1 aliphatic heterocycles. The van der Waals surface area contributed by atoms with Crippen molar-refractivity contribution < 1.29 is 19.9 Å². The van der Waals surface area contributed by atoms with E-state index in [4.69, 9.17) is 21.7 Å². The Morgan fingerprint density at radius 2 is 1.90 bits per heavy atom. The predicted molar refractivity (Wildman–Crippen MR) is 115 cm³/mol. The summed E-state index contributed by atoms with van der Waals surface area (Å²) in [5, 5.41) is 13.2. The first-order valence-corrected chi connectivity index (χ1v) is 10.1. The van der Waals surface area contributed by atoms with Crippen LogP contribution >= 0.6 is 12.2 Å². The molecule has 8 heteroatoms. The molecule has 1 aromatic heterocycles. The Labute approximate surface area is 178 Å². The third-order valence-corrected chi connectivity index (χ3v) is 5.82. The molecule has 0 spiro atoms. The summed E-state index contributed by atoms with van der Waals surface area (Å²) in [6.07, 6.45) is 0.827. The molecule has 0 unspecified atom stereocenters. The van der Waals surface area contributed by atoms with Crippen LogP contribution in [-0.4, -0.2) is 35.4 Å². The van der Waals surface area contributed by atoms with E-state index >= 15 is 0 Å². The maximum atomic E-state index is 12.9. The molecule has 4 rings (SSSR count). The first-order chi connectivity index (χ1) is 14.5. The van der Waals surface area contributed by atoms with Crippen molar-refractivity contribution >= 4 is 12.2 Å². The molecule has 0 amide bonds. The van der Waals surface area contributed by atoms with Crippen molar-refractivity contribution in [1.82, 2.24) is 9.55 Å². The van der Waals surface area contributed by atoms with E-state index in [-0.39, 0.29) is 27.8 Å². The van der Waals surface area contributed by atoms with E-state index in [1.165, 1.54) is 0 Å². The standard InChI is InChI=1S/C22H23N3O4S/c1-28-16-10-14-8-9-23-19(15(14)11-17(16)29-2)18-20(26)24-22(30)25(21(18)27)12-13-6-4-3-5-7-13/h3-7,10-11,19,23,27H,8-9,12H2,1-2H3,(H,24,26,30)/p+1/t19-/m1/s1. The number of quaternary nitrogens is 1. The number of benzene rings is 2. The van der Waals surface area contributed by atoms with E-state index in [2.05, 4.69) is 10.3 Å². The maximum absolute atomic E-state index is 12.9. The number of fused-ring (bicyclic) bond motifs is 1. The lowest BCUT2D eigenvalue weighted by molar-refractivity contribution is -0.690. The van der Waals surface area contributed by atoms with Crippen LogP contribution < -0.4 is 20.3 Å². The van der Waals surface area contributed by atoms with Crippen LogP contribution in [0.5, 0.6) is 17.4 Å². The van der Waals surface area contributed by atoms with Gasteiger partial charge in [-0.1, -0.05) is 30.3 Å². The largest absolute Gasteiger partial charge is 0.494 e. The molecule has 0 saturated heterocycles. The van der Waals surface area contributed by atoms with Crippen molar-refractivity contribution in [1.29, 1.82) is 0 Å². The molecule has 3 aromatic rings. The van der Waals surface area contributed by atoms with E-state index in [0.717, 1.165) is 29.7 Å².